The summed E-state index contributed by atoms with van der Waals surface area (Å²) in [7, 11) is 0. The van der Waals surface area contributed by atoms with Crippen LogP contribution in [0.2, 0.25) is 0 Å². The number of allylic oxidation sites excluding steroid dienone is 3. The van der Waals surface area contributed by atoms with E-state index in [1.54, 1.807) is 6.08 Å². The molecule has 0 aromatic rings. The lowest BCUT2D eigenvalue weighted by Gasteiger charge is -2.20. The number of carbonyl (C=O) groups excluding carboxylic acids is 2. The minimum absolute atomic E-state index is 0.0175. The third-order valence-electron chi connectivity index (χ3n) is 3.83. The van der Waals surface area contributed by atoms with Gasteiger partial charge in [-0.2, -0.15) is 0 Å². The second kappa shape index (κ2) is 35.7. The number of nitrogens with one attached hydrogen (secondary N) is 1. The summed E-state index contributed by atoms with van der Waals surface area (Å²) >= 11 is 0. The Hall–Kier alpha value is -2.92. The van der Waals surface area contributed by atoms with Crippen LogP contribution >= 0.6 is 0 Å². The number of carbonyl (C=O) groups is 2. The number of terminal acetylenes is 2. The van der Waals surface area contributed by atoms with E-state index in [1.807, 2.05) is 30.9 Å². The predicted molar refractivity (Wildman–Crippen MR) is 158 cm³/mol. The van der Waals surface area contributed by atoms with Gasteiger partial charge in [0.05, 0.1) is 6.54 Å². The van der Waals surface area contributed by atoms with Gasteiger partial charge in [0.2, 0.25) is 12.3 Å². The topological polar surface area (TPSA) is 75.4 Å². The highest BCUT2D eigenvalue weighted by Crippen LogP contribution is 2.21. The Kier molecular flexibility index (Phi) is 46.4. The minimum atomic E-state index is 0.0175. The zero-order valence-electron chi connectivity index (χ0n) is 24.5. The summed E-state index contributed by atoms with van der Waals surface area (Å²) in [6.07, 6.45) is 25.7. The maximum atomic E-state index is 11.5. The van der Waals surface area contributed by atoms with Gasteiger partial charge in [-0.05, 0) is 43.7 Å². The molecular formula is C30H57N3O2. The third-order valence-corrected chi connectivity index (χ3v) is 3.83. The molecule has 204 valence electrons. The fraction of sp³-hybridized carbons (Fsp3) is 0.600. The average Bonchev–Trinajstić information content (AvgIpc) is 3.14. The Morgan fingerprint density at radius 3 is 1.69 bits per heavy atom. The van der Waals surface area contributed by atoms with E-state index in [9.17, 15) is 9.59 Å². The quantitative estimate of drug-likeness (QED) is 0.270. The molecular weight excluding hydrogens is 434 g/mol. The number of amides is 2. The Morgan fingerprint density at radius 1 is 1.14 bits per heavy atom. The van der Waals surface area contributed by atoms with Crippen LogP contribution in [0.1, 0.15) is 82.1 Å². The van der Waals surface area contributed by atoms with Crippen LogP contribution in [0.5, 0.6) is 0 Å². The van der Waals surface area contributed by atoms with E-state index in [0.29, 0.717) is 23.8 Å². The van der Waals surface area contributed by atoms with Gasteiger partial charge in [0.1, 0.15) is 0 Å². The first-order valence-electron chi connectivity index (χ1n) is 12.0. The highest BCUT2D eigenvalue weighted by atomic mass is 16.2. The van der Waals surface area contributed by atoms with Gasteiger partial charge in [0.15, 0.2) is 0 Å². The SMILES string of the molecule is C#C.C#C.C=C/C=C\C.C=CN.CC(C)C.CCC(C)(C)C.C[C@H]1C[C@@H](C)N(C(=O)CNC=O)C1. The molecule has 5 nitrogen and oxygen atoms in total. The van der Waals surface area contributed by atoms with Crippen molar-refractivity contribution in [3.05, 3.63) is 37.6 Å². The van der Waals surface area contributed by atoms with E-state index < -0.39 is 0 Å². The van der Waals surface area contributed by atoms with Crippen molar-refractivity contribution in [1.29, 1.82) is 0 Å². The number of likely N-dealkylation sites (tertiary alicyclic amines) is 1. The lowest BCUT2D eigenvalue weighted by molar-refractivity contribution is -0.131. The van der Waals surface area contributed by atoms with Crippen LogP contribution in [0.3, 0.4) is 0 Å². The van der Waals surface area contributed by atoms with Crippen LogP contribution in [-0.4, -0.2) is 36.3 Å². The second-order valence-corrected chi connectivity index (χ2v) is 9.38. The summed E-state index contributed by atoms with van der Waals surface area (Å²) in [5.41, 5.74) is 5.15. The molecule has 0 aromatic carbocycles. The minimum Gasteiger partial charge on any atom is -0.405 e. The van der Waals surface area contributed by atoms with Gasteiger partial charge in [-0.15, -0.1) is 25.7 Å². The lowest BCUT2D eigenvalue weighted by Crippen LogP contribution is -2.39. The number of hydrogen-bond acceptors (Lipinski definition) is 3. The highest BCUT2D eigenvalue weighted by Gasteiger charge is 2.29. The van der Waals surface area contributed by atoms with Gasteiger partial charge in [-0.3, -0.25) is 9.59 Å². The first-order chi connectivity index (χ1) is 16.3. The maximum Gasteiger partial charge on any atom is 0.242 e. The summed E-state index contributed by atoms with van der Waals surface area (Å²) in [5.74, 6) is 1.43. The van der Waals surface area contributed by atoms with Gasteiger partial charge in [-0.1, -0.05) is 93.2 Å². The zero-order valence-corrected chi connectivity index (χ0v) is 24.5. The van der Waals surface area contributed by atoms with Crippen molar-refractivity contribution in [2.45, 2.75) is 88.1 Å². The molecule has 1 heterocycles. The molecule has 35 heavy (non-hydrogen) atoms. The summed E-state index contributed by atoms with van der Waals surface area (Å²) in [6, 6.07) is 0.316. The van der Waals surface area contributed by atoms with Crippen molar-refractivity contribution in [2.75, 3.05) is 13.1 Å². The van der Waals surface area contributed by atoms with Crippen LogP contribution in [0.15, 0.2) is 37.6 Å². The smallest absolute Gasteiger partial charge is 0.242 e. The molecule has 2 atom stereocenters. The van der Waals surface area contributed by atoms with Crippen molar-refractivity contribution >= 4 is 12.3 Å². The van der Waals surface area contributed by atoms with E-state index in [1.165, 1.54) is 12.6 Å². The summed E-state index contributed by atoms with van der Waals surface area (Å²) in [5, 5.41) is 2.39. The molecule has 1 rings (SSSR count). The van der Waals surface area contributed by atoms with Crippen LogP contribution < -0.4 is 11.1 Å². The largest absolute Gasteiger partial charge is 0.405 e. The fourth-order valence-corrected chi connectivity index (χ4v) is 2.01. The molecule has 0 aromatic heterocycles. The second-order valence-electron chi connectivity index (χ2n) is 9.38. The van der Waals surface area contributed by atoms with Crippen molar-refractivity contribution in [1.82, 2.24) is 10.2 Å². The van der Waals surface area contributed by atoms with Gasteiger partial charge < -0.3 is 16.0 Å². The van der Waals surface area contributed by atoms with E-state index in [0.717, 1.165) is 18.9 Å². The average molecular weight is 492 g/mol. The van der Waals surface area contributed by atoms with Crippen molar-refractivity contribution in [2.24, 2.45) is 23.0 Å². The molecule has 0 radical (unpaired) electrons. The summed E-state index contributed by atoms with van der Waals surface area (Å²) in [6.45, 7) is 29.1. The summed E-state index contributed by atoms with van der Waals surface area (Å²) < 4.78 is 0. The molecule has 5 heteroatoms. The number of nitrogens with zero attached hydrogens (tertiary/aromatic N) is 1. The molecule has 0 unspecified atom stereocenters. The molecule has 0 bridgehead atoms. The van der Waals surface area contributed by atoms with Crippen molar-refractivity contribution in [3.63, 3.8) is 0 Å². The van der Waals surface area contributed by atoms with E-state index >= 15 is 0 Å². The normalized spacial score (nSPS) is 15.0. The molecule has 0 aliphatic carbocycles. The molecule has 0 spiro atoms. The van der Waals surface area contributed by atoms with Crippen LogP contribution in [0.25, 0.3) is 0 Å². The van der Waals surface area contributed by atoms with Crippen LogP contribution in [-0.2, 0) is 9.59 Å². The first-order valence-corrected chi connectivity index (χ1v) is 12.0. The lowest BCUT2D eigenvalue weighted by atomic mass is 9.94. The Bertz CT molecular complexity index is 532. The molecule has 0 saturated carbocycles. The molecule has 1 aliphatic heterocycles. The first kappa shape index (κ1) is 45.6. The van der Waals surface area contributed by atoms with Gasteiger partial charge in [0, 0.05) is 12.6 Å². The molecule has 3 N–H and O–H groups in total. The Labute approximate surface area is 219 Å². The molecule has 2 amide bonds. The van der Waals surface area contributed by atoms with Crippen molar-refractivity contribution < 1.29 is 9.59 Å². The maximum absolute atomic E-state index is 11.5. The fourth-order valence-electron chi connectivity index (χ4n) is 2.01. The highest BCUT2D eigenvalue weighted by molar-refractivity contribution is 5.80. The molecule has 1 fully saturated rings. The number of nitrogens with two attached hydrogens (primary N) is 1. The number of rotatable bonds is 4. The van der Waals surface area contributed by atoms with Gasteiger partial charge in [0.25, 0.3) is 0 Å². The van der Waals surface area contributed by atoms with E-state index in [2.05, 4.69) is 105 Å². The Balaban J connectivity index is -0.0000000809. The number of hydrogen-bond donors (Lipinski definition) is 2. The van der Waals surface area contributed by atoms with Crippen LogP contribution in [0.4, 0.5) is 0 Å². The van der Waals surface area contributed by atoms with Gasteiger partial charge in [-0.25, -0.2) is 0 Å². The predicted octanol–water partition coefficient (Wildman–Crippen LogP) is 6.43. The molecule has 1 saturated heterocycles. The van der Waals surface area contributed by atoms with Crippen molar-refractivity contribution in [3.8, 4) is 25.7 Å². The monoisotopic (exact) mass is 491 g/mol. The van der Waals surface area contributed by atoms with E-state index in [4.69, 9.17) is 0 Å². The zero-order chi connectivity index (χ0) is 29.5. The van der Waals surface area contributed by atoms with Crippen LogP contribution in [0, 0.1) is 42.9 Å². The molecule has 1 aliphatic rings. The summed E-state index contributed by atoms with van der Waals surface area (Å²) in [4.78, 5) is 23.3. The van der Waals surface area contributed by atoms with Gasteiger partial charge >= 0.3 is 0 Å². The third kappa shape index (κ3) is 53.9. The standard InChI is InChI=1S/C9H16N2O2.C6H14.C5H8.C4H10.C2H5N.2C2H2/c1-7-3-8(2)11(5-7)9(13)4-10-6-12;1-5-6(2,3)4;1-3-5-4-2;1-4(2)3;1-2-3;2*1-2/h6-8H,3-5H2,1-2H3,(H,10,12);5H2,1-4H3;3-5H,1H2,2H3;4H,1-3H3;2H,1,3H2;2*1-2H/b;;5-4-;;;;/t7-,8+;;;;;;/m0....../s1. The van der Waals surface area contributed by atoms with E-state index in [-0.39, 0.29) is 12.5 Å². The Morgan fingerprint density at radius 2 is 1.51 bits per heavy atom.